The molecule has 0 aliphatic carbocycles. The van der Waals surface area contributed by atoms with Crippen LogP contribution in [0.3, 0.4) is 0 Å². The number of phenols is 1. The van der Waals surface area contributed by atoms with Crippen LogP contribution in [0.5, 0.6) is 5.75 Å². The second-order valence-electron chi connectivity index (χ2n) is 2.80. The SMILES string of the molecule is O=C(O)c1ccc(C(=O)O)c(C(=O)O)c1O.[H-].[H-].[Mg+2]. The monoisotopic (exact) mass is 252 g/mol. The summed E-state index contributed by atoms with van der Waals surface area (Å²) in [5.74, 6) is -5.89. The van der Waals surface area contributed by atoms with Crippen LogP contribution >= 0.6 is 0 Å². The van der Waals surface area contributed by atoms with E-state index in [-0.39, 0.29) is 25.9 Å². The minimum Gasteiger partial charge on any atom is -1.00 e. The standard InChI is InChI=1S/C9H6O7.Mg.2H/c10-6-4(8(13)14)2-1-3(7(11)12)5(6)9(15)16;;;/h1-2,10H,(H,11,12)(H,13,14)(H,15,16);;;/q;+2;2*-1. The van der Waals surface area contributed by atoms with Gasteiger partial charge < -0.3 is 23.3 Å². The van der Waals surface area contributed by atoms with Crippen LogP contribution < -0.4 is 0 Å². The maximum absolute atomic E-state index is 10.7. The van der Waals surface area contributed by atoms with Gasteiger partial charge in [-0.1, -0.05) is 0 Å². The maximum Gasteiger partial charge on any atom is 2.00 e. The fourth-order valence-electron chi connectivity index (χ4n) is 1.16. The molecule has 0 heterocycles. The van der Waals surface area contributed by atoms with Gasteiger partial charge in [-0.25, -0.2) is 14.4 Å². The average molecular weight is 252 g/mol. The molecule has 8 heteroatoms. The summed E-state index contributed by atoms with van der Waals surface area (Å²) in [5, 5.41) is 35.3. The molecule has 0 amide bonds. The van der Waals surface area contributed by atoms with Gasteiger partial charge in [0.05, 0.1) is 5.56 Å². The van der Waals surface area contributed by atoms with Crippen molar-refractivity contribution in [1.29, 1.82) is 0 Å². The van der Waals surface area contributed by atoms with Crippen molar-refractivity contribution in [2.24, 2.45) is 0 Å². The van der Waals surface area contributed by atoms with E-state index in [1.165, 1.54) is 0 Å². The Kier molecular flexibility index (Phi) is 4.92. The first kappa shape index (κ1) is 15.2. The molecular weight excluding hydrogens is 244 g/mol. The molecule has 0 aliphatic heterocycles. The summed E-state index contributed by atoms with van der Waals surface area (Å²) in [7, 11) is 0. The summed E-state index contributed by atoms with van der Waals surface area (Å²) in [6.07, 6.45) is 0. The Morgan fingerprint density at radius 1 is 0.882 bits per heavy atom. The molecule has 1 rings (SSSR count). The van der Waals surface area contributed by atoms with Crippen LogP contribution in [-0.2, 0) is 0 Å². The van der Waals surface area contributed by atoms with Gasteiger partial charge in [-0.2, -0.15) is 0 Å². The maximum atomic E-state index is 10.7. The zero-order valence-corrected chi connectivity index (χ0v) is 9.79. The van der Waals surface area contributed by atoms with Crippen molar-refractivity contribution >= 4 is 41.0 Å². The Bertz CT molecular complexity index is 504. The van der Waals surface area contributed by atoms with Gasteiger partial charge in [0.25, 0.3) is 0 Å². The number of hydrogen-bond acceptors (Lipinski definition) is 4. The normalized spacial score (nSPS) is 9.18. The van der Waals surface area contributed by atoms with Crippen molar-refractivity contribution in [3.63, 3.8) is 0 Å². The zero-order valence-electron chi connectivity index (χ0n) is 10.4. The van der Waals surface area contributed by atoms with E-state index in [1.807, 2.05) is 0 Å². The summed E-state index contributed by atoms with van der Waals surface area (Å²) in [4.78, 5) is 31.9. The van der Waals surface area contributed by atoms with Crippen LogP contribution in [0.15, 0.2) is 12.1 Å². The molecule has 0 aliphatic rings. The first-order valence-electron chi connectivity index (χ1n) is 3.92. The van der Waals surface area contributed by atoms with Crippen molar-refractivity contribution in [1.82, 2.24) is 0 Å². The van der Waals surface area contributed by atoms with E-state index in [2.05, 4.69) is 0 Å². The molecule has 7 nitrogen and oxygen atoms in total. The van der Waals surface area contributed by atoms with Crippen molar-refractivity contribution in [3.05, 3.63) is 28.8 Å². The molecular formula is C9H8MgO7. The predicted molar refractivity (Wildman–Crippen MR) is 57.0 cm³/mol. The second kappa shape index (κ2) is 5.50. The number of aromatic hydroxyl groups is 1. The predicted octanol–water partition coefficient (Wildman–Crippen LogP) is 0.331. The van der Waals surface area contributed by atoms with E-state index < -0.39 is 40.3 Å². The van der Waals surface area contributed by atoms with Gasteiger partial charge in [-0.3, -0.25) is 0 Å². The molecule has 0 saturated carbocycles. The number of carbonyl (C=O) groups is 3. The molecule has 1 aromatic rings. The van der Waals surface area contributed by atoms with Gasteiger partial charge in [-0.15, -0.1) is 0 Å². The van der Waals surface area contributed by atoms with E-state index in [9.17, 15) is 19.5 Å². The fraction of sp³-hybridized carbons (Fsp3) is 0. The van der Waals surface area contributed by atoms with E-state index in [1.54, 1.807) is 0 Å². The first-order valence-corrected chi connectivity index (χ1v) is 3.92. The van der Waals surface area contributed by atoms with E-state index in [4.69, 9.17) is 15.3 Å². The Hall–Kier alpha value is -1.80. The largest absolute Gasteiger partial charge is 2.00 e. The Morgan fingerprint density at radius 3 is 1.65 bits per heavy atom. The third kappa shape index (κ3) is 2.86. The summed E-state index contributed by atoms with van der Waals surface area (Å²) in [6.45, 7) is 0. The van der Waals surface area contributed by atoms with Crippen molar-refractivity contribution < 1.29 is 37.7 Å². The molecule has 0 spiro atoms. The van der Waals surface area contributed by atoms with E-state index in [0.29, 0.717) is 0 Å². The molecule has 1 aromatic carbocycles. The van der Waals surface area contributed by atoms with Crippen LogP contribution in [0.2, 0.25) is 0 Å². The minimum absolute atomic E-state index is 0. The molecule has 17 heavy (non-hydrogen) atoms. The Labute approximate surface area is 113 Å². The van der Waals surface area contributed by atoms with Crippen LogP contribution in [0.4, 0.5) is 0 Å². The van der Waals surface area contributed by atoms with Crippen molar-refractivity contribution in [3.8, 4) is 5.75 Å². The second-order valence-corrected chi connectivity index (χ2v) is 2.80. The molecule has 0 unspecified atom stereocenters. The first-order chi connectivity index (χ1) is 7.36. The quantitative estimate of drug-likeness (QED) is 0.570. The van der Waals surface area contributed by atoms with Crippen LogP contribution in [0.1, 0.15) is 33.9 Å². The van der Waals surface area contributed by atoms with Crippen molar-refractivity contribution in [2.75, 3.05) is 0 Å². The van der Waals surface area contributed by atoms with Crippen LogP contribution in [-0.4, -0.2) is 61.4 Å². The van der Waals surface area contributed by atoms with Gasteiger partial charge in [0, 0.05) is 0 Å². The minimum atomic E-state index is -1.71. The molecule has 0 fully saturated rings. The summed E-state index contributed by atoms with van der Waals surface area (Å²) in [6, 6.07) is 1.64. The molecule has 0 radical (unpaired) electrons. The van der Waals surface area contributed by atoms with Gasteiger partial charge in [0.2, 0.25) is 0 Å². The summed E-state index contributed by atoms with van der Waals surface area (Å²) < 4.78 is 0. The number of carboxylic acids is 3. The number of rotatable bonds is 3. The Balaban J connectivity index is -0.000000853. The summed E-state index contributed by atoms with van der Waals surface area (Å²) >= 11 is 0. The number of aromatic carboxylic acids is 3. The third-order valence-corrected chi connectivity index (χ3v) is 1.85. The molecule has 0 aromatic heterocycles. The van der Waals surface area contributed by atoms with Gasteiger partial charge in [-0.05, 0) is 12.1 Å². The van der Waals surface area contributed by atoms with Gasteiger partial charge in [0.1, 0.15) is 16.9 Å². The number of benzene rings is 1. The molecule has 88 valence electrons. The van der Waals surface area contributed by atoms with E-state index >= 15 is 0 Å². The van der Waals surface area contributed by atoms with Crippen LogP contribution in [0.25, 0.3) is 0 Å². The molecule has 4 N–H and O–H groups in total. The fourth-order valence-corrected chi connectivity index (χ4v) is 1.16. The summed E-state index contributed by atoms with van der Waals surface area (Å²) in [5.41, 5.74) is -2.27. The molecule has 0 atom stereocenters. The number of carboxylic acid groups (broad SMARTS) is 3. The average Bonchev–Trinajstić information content (AvgIpc) is 2.15. The Morgan fingerprint density at radius 2 is 1.29 bits per heavy atom. The number of hydrogen-bond donors (Lipinski definition) is 4. The van der Waals surface area contributed by atoms with Crippen molar-refractivity contribution in [2.45, 2.75) is 0 Å². The third-order valence-electron chi connectivity index (χ3n) is 1.85. The molecule has 0 bridgehead atoms. The van der Waals surface area contributed by atoms with Gasteiger partial charge in [0.15, 0.2) is 0 Å². The molecule has 0 saturated heterocycles. The van der Waals surface area contributed by atoms with Gasteiger partial charge >= 0.3 is 41.0 Å². The topological polar surface area (TPSA) is 132 Å². The van der Waals surface area contributed by atoms with Crippen LogP contribution in [0, 0.1) is 0 Å². The van der Waals surface area contributed by atoms with E-state index in [0.717, 1.165) is 12.1 Å². The zero-order chi connectivity index (χ0) is 12.5. The smallest absolute Gasteiger partial charge is 1.00 e.